The van der Waals surface area contributed by atoms with Crippen molar-refractivity contribution in [2.24, 2.45) is 7.05 Å². The lowest BCUT2D eigenvalue weighted by atomic mass is 10.2. The quantitative estimate of drug-likeness (QED) is 0.782. The van der Waals surface area contributed by atoms with Crippen molar-refractivity contribution in [3.8, 4) is 0 Å². The molecule has 0 fully saturated rings. The van der Waals surface area contributed by atoms with Crippen molar-refractivity contribution in [1.82, 2.24) is 14.6 Å². The zero-order chi connectivity index (χ0) is 17.0. The molecule has 0 atom stereocenters. The first kappa shape index (κ1) is 17.2. The Labute approximate surface area is 136 Å². The fourth-order valence-corrected chi connectivity index (χ4v) is 3.58. The summed E-state index contributed by atoms with van der Waals surface area (Å²) in [5.41, 5.74) is 2.10. The minimum absolute atomic E-state index is 0.131. The summed E-state index contributed by atoms with van der Waals surface area (Å²) in [5.74, 6) is -0.233. The topological polar surface area (TPSA) is 80.2 Å². The highest BCUT2D eigenvalue weighted by Crippen LogP contribution is 2.16. The smallest absolute Gasteiger partial charge is 0.267 e. The number of sulfonamides is 1. The van der Waals surface area contributed by atoms with Gasteiger partial charge in [-0.15, -0.1) is 0 Å². The van der Waals surface area contributed by atoms with E-state index in [1.165, 1.54) is 0 Å². The van der Waals surface area contributed by atoms with E-state index in [4.69, 9.17) is 0 Å². The Bertz CT molecular complexity index is 810. The van der Waals surface area contributed by atoms with Crippen molar-refractivity contribution >= 4 is 15.9 Å². The van der Waals surface area contributed by atoms with Crippen LogP contribution in [0.15, 0.2) is 41.4 Å². The summed E-state index contributed by atoms with van der Waals surface area (Å²) in [6.45, 7) is 3.95. The molecule has 6 nitrogen and oxygen atoms in total. The Morgan fingerprint density at radius 1 is 1.17 bits per heavy atom. The largest absolute Gasteiger partial charge is 0.349 e. The van der Waals surface area contributed by atoms with Crippen LogP contribution in [0.1, 0.15) is 21.6 Å². The number of hydrogen-bond donors (Lipinski definition) is 2. The molecule has 7 heteroatoms. The van der Waals surface area contributed by atoms with Crippen molar-refractivity contribution < 1.29 is 13.2 Å². The molecule has 1 heterocycles. The van der Waals surface area contributed by atoms with Gasteiger partial charge < -0.3 is 9.88 Å². The molecule has 1 amide bonds. The van der Waals surface area contributed by atoms with Crippen LogP contribution < -0.4 is 10.0 Å². The minimum atomic E-state index is -3.58. The van der Waals surface area contributed by atoms with E-state index in [0.717, 1.165) is 5.56 Å². The van der Waals surface area contributed by atoms with Crippen LogP contribution in [-0.4, -0.2) is 32.0 Å². The number of carbonyl (C=O) groups excluding carboxylic acids is 1. The average molecular weight is 335 g/mol. The number of nitrogens with zero attached hydrogens (tertiary/aromatic N) is 1. The molecule has 2 aromatic rings. The van der Waals surface area contributed by atoms with Crippen LogP contribution >= 0.6 is 0 Å². The normalized spacial score (nSPS) is 11.4. The number of carbonyl (C=O) groups is 1. The van der Waals surface area contributed by atoms with Gasteiger partial charge in [0.1, 0.15) is 5.69 Å². The van der Waals surface area contributed by atoms with Gasteiger partial charge in [-0.25, -0.2) is 13.1 Å². The lowest BCUT2D eigenvalue weighted by molar-refractivity contribution is 0.0946. The highest BCUT2D eigenvalue weighted by Gasteiger charge is 2.16. The average Bonchev–Trinajstić information content (AvgIpc) is 2.92. The molecule has 0 aliphatic rings. The third-order valence-electron chi connectivity index (χ3n) is 3.51. The van der Waals surface area contributed by atoms with Gasteiger partial charge in [0.15, 0.2) is 0 Å². The molecule has 0 aliphatic carbocycles. The molecule has 0 saturated heterocycles. The van der Waals surface area contributed by atoms with E-state index in [-0.39, 0.29) is 23.9 Å². The molecule has 0 bridgehead atoms. The summed E-state index contributed by atoms with van der Waals surface area (Å²) < 4.78 is 28.8. The summed E-state index contributed by atoms with van der Waals surface area (Å²) >= 11 is 0. The fraction of sp³-hybridized carbons (Fsp3) is 0.312. The van der Waals surface area contributed by atoms with E-state index < -0.39 is 10.0 Å². The monoisotopic (exact) mass is 335 g/mol. The number of benzene rings is 1. The maximum Gasteiger partial charge on any atom is 0.267 e. The zero-order valence-electron chi connectivity index (χ0n) is 13.5. The maximum atomic E-state index is 12.3. The number of aromatic nitrogens is 1. The second kappa shape index (κ2) is 6.97. The van der Waals surface area contributed by atoms with Crippen LogP contribution in [0.2, 0.25) is 0 Å². The van der Waals surface area contributed by atoms with Crippen LogP contribution in [-0.2, 0) is 17.1 Å². The van der Waals surface area contributed by atoms with Gasteiger partial charge in [-0.05, 0) is 43.2 Å². The van der Waals surface area contributed by atoms with Crippen molar-refractivity contribution in [3.63, 3.8) is 0 Å². The van der Waals surface area contributed by atoms with Crippen LogP contribution in [0.4, 0.5) is 0 Å². The minimum Gasteiger partial charge on any atom is -0.349 e. The van der Waals surface area contributed by atoms with Crippen LogP contribution in [0, 0.1) is 13.8 Å². The SMILES string of the molecule is Cc1ccc(C)c(S(=O)(=O)NCCNC(=O)c2cccn2C)c1. The molecule has 0 radical (unpaired) electrons. The standard InChI is InChI=1S/C16H21N3O3S/c1-12-6-7-13(2)15(11-12)23(21,22)18-9-8-17-16(20)14-5-4-10-19(14)3/h4-7,10-11,18H,8-9H2,1-3H3,(H,17,20). The van der Waals surface area contributed by atoms with E-state index in [0.29, 0.717) is 11.3 Å². The van der Waals surface area contributed by atoms with Gasteiger partial charge in [0.05, 0.1) is 4.90 Å². The van der Waals surface area contributed by atoms with Crippen LogP contribution in [0.5, 0.6) is 0 Å². The second-order valence-corrected chi connectivity index (χ2v) is 7.16. The second-order valence-electron chi connectivity index (χ2n) is 5.43. The third kappa shape index (κ3) is 4.20. The summed E-state index contributed by atoms with van der Waals surface area (Å²) in [6.07, 6.45) is 1.78. The zero-order valence-corrected chi connectivity index (χ0v) is 14.3. The molecule has 0 aliphatic heterocycles. The predicted molar refractivity (Wildman–Crippen MR) is 88.9 cm³/mol. The lowest BCUT2D eigenvalue weighted by Crippen LogP contribution is -2.35. The van der Waals surface area contributed by atoms with Gasteiger partial charge in [-0.3, -0.25) is 4.79 Å². The number of amides is 1. The van der Waals surface area contributed by atoms with E-state index >= 15 is 0 Å². The van der Waals surface area contributed by atoms with E-state index in [9.17, 15) is 13.2 Å². The number of hydrogen-bond acceptors (Lipinski definition) is 3. The Morgan fingerprint density at radius 2 is 1.91 bits per heavy atom. The van der Waals surface area contributed by atoms with Gasteiger partial charge in [0.25, 0.3) is 5.91 Å². The summed E-state index contributed by atoms with van der Waals surface area (Å²) in [6, 6.07) is 8.77. The Balaban J connectivity index is 1.92. The Hall–Kier alpha value is -2.12. The van der Waals surface area contributed by atoms with Gasteiger partial charge in [0.2, 0.25) is 10.0 Å². The molecule has 0 unspecified atom stereocenters. The van der Waals surface area contributed by atoms with Gasteiger partial charge in [-0.2, -0.15) is 0 Å². The van der Waals surface area contributed by atoms with Crippen LogP contribution in [0.25, 0.3) is 0 Å². The summed E-state index contributed by atoms with van der Waals surface area (Å²) in [4.78, 5) is 12.2. The molecule has 1 aromatic heterocycles. The number of rotatable bonds is 6. The Kier molecular flexibility index (Phi) is 5.23. The molecule has 2 N–H and O–H groups in total. The molecule has 0 spiro atoms. The van der Waals surface area contributed by atoms with Gasteiger partial charge in [0, 0.05) is 26.3 Å². The van der Waals surface area contributed by atoms with Crippen molar-refractivity contribution in [2.45, 2.75) is 18.7 Å². The van der Waals surface area contributed by atoms with E-state index in [1.807, 2.05) is 13.0 Å². The molecular weight excluding hydrogens is 314 g/mol. The summed E-state index contributed by atoms with van der Waals surface area (Å²) in [7, 11) is -1.80. The lowest BCUT2D eigenvalue weighted by Gasteiger charge is -2.11. The van der Waals surface area contributed by atoms with Crippen molar-refractivity contribution in [2.75, 3.05) is 13.1 Å². The fourth-order valence-electron chi connectivity index (χ4n) is 2.22. The molecule has 0 saturated carbocycles. The molecule has 23 heavy (non-hydrogen) atoms. The first-order chi connectivity index (χ1) is 10.8. The number of aryl methyl sites for hydroxylation is 3. The first-order valence-electron chi connectivity index (χ1n) is 7.28. The predicted octanol–water partition coefficient (Wildman–Crippen LogP) is 1.35. The first-order valence-corrected chi connectivity index (χ1v) is 8.76. The maximum absolute atomic E-state index is 12.3. The van der Waals surface area contributed by atoms with Gasteiger partial charge >= 0.3 is 0 Å². The molecular formula is C16H21N3O3S. The van der Waals surface area contributed by atoms with Gasteiger partial charge in [-0.1, -0.05) is 12.1 Å². The highest BCUT2D eigenvalue weighted by molar-refractivity contribution is 7.89. The Morgan fingerprint density at radius 3 is 2.57 bits per heavy atom. The molecule has 1 aromatic carbocycles. The third-order valence-corrected chi connectivity index (χ3v) is 5.12. The highest BCUT2D eigenvalue weighted by atomic mass is 32.2. The molecule has 124 valence electrons. The van der Waals surface area contributed by atoms with Crippen LogP contribution in [0.3, 0.4) is 0 Å². The summed E-state index contributed by atoms with van der Waals surface area (Å²) in [5, 5.41) is 2.69. The van der Waals surface area contributed by atoms with Crippen molar-refractivity contribution in [1.29, 1.82) is 0 Å². The molecule has 2 rings (SSSR count). The van der Waals surface area contributed by atoms with E-state index in [1.54, 1.807) is 49.0 Å². The van der Waals surface area contributed by atoms with E-state index in [2.05, 4.69) is 10.0 Å². The number of nitrogens with one attached hydrogen (secondary N) is 2. The van der Waals surface area contributed by atoms with Crippen molar-refractivity contribution in [3.05, 3.63) is 53.3 Å².